The largest absolute Gasteiger partial charge is 0.260 e. The summed E-state index contributed by atoms with van der Waals surface area (Å²) in [6, 6.07) is 31.1. The lowest BCUT2D eigenvalue weighted by Crippen LogP contribution is -2.03. The Morgan fingerprint density at radius 3 is 1.42 bits per heavy atom. The van der Waals surface area contributed by atoms with Crippen LogP contribution in [0.3, 0.4) is 0 Å². The summed E-state index contributed by atoms with van der Waals surface area (Å²) >= 11 is 0. The van der Waals surface area contributed by atoms with Crippen molar-refractivity contribution in [2.75, 3.05) is 0 Å². The summed E-state index contributed by atoms with van der Waals surface area (Å²) in [6.45, 7) is 4.39. The normalized spacial score (nSPS) is 20.1. The van der Waals surface area contributed by atoms with E-state index < -0.39 is 0 Å². The van der Waals surface area contributed by atoms with Crippen LogP contribution in [-0.2, 0) is 0 Å². The lowest BCUT2D eigenvalue weighted by molar-refractivity contribution is 1.22. The molecule has 2 aliphatic heterocycles. The summed E-state index contributed by atoms with van der Waals surface area (Å²) < 4.78 is 0. The van der Waals surface area contributed by atoms with Crippen LogP contribution in [-0.4, -0.2) is 12.4 Å². The zero-order valence-corrected chi connectivity index (χ0v) is 20.3. The molecule has 0 radical (unpaired) electrons. The number of benzene rings is 4. The monoisotopic (exact) mass is 460 g/mol. The van der Waals surface area contributed by atoms with Crippen molar-refractivity contribution < 1.29 is 0 Å². The van der Waals surface area contributed by atoms with Gasteiger partial charge in [-0.1, -0.05) is 83.9 Å². The Kier molecular flexibility index (Phi) is 3.94. The van der Waals surface area contributed by atoms with Crippen LogP contribution >= 0.6 is 0 Å². The molecule has 2 heterocycles. The number of allylic oxidation sites excluding steroid dienone is 4. The summed E-state index contributed by atoms with van der Waals surface area (Å²) in [5.41, 5.74) is 18.2. The van der Waals surface area contributed by atoms with E-state index in [4.69, 9.17) is 9.98 Å². The maximum Gasteiger partial charge on any atom is 0.0668 e. The van der Waals surface area contributed by atoms with Crippen LogP contribution in [0.2, 0.25) is 0 Å². The summed E-state index contributed by atoms with van der Waals surface area (Å²) in [5, 5.41) is 0. The van der Waals surface area contributed by atoms with Crippen molar-refractivity contribution in [1.82, 2.24) is 0 Å². The first-order valence-electron chi connectivity index (χ1n) is 12.7. The molecule has 170 valence electrons. The first-order chi connectivity index (χ1) is 17.7. The van der Waals surface area contributed by atoms with Gasteiger partial charge in [0.15, 0.2) is 0 Å². The van der Waals surface area contributed by atoms with Crippen LogP contribution in [0.25, 0.3) is 22.3 Å². The van der Waals surface area contributed by atoms with Gasteiger partial charge in [0.05, 0.1) is 11.4 Å². The molecular weight excluding hydrogens is 436 g/mol. The zero-order valence-electron chi connectivity index (χ0n) is 20.3. The highest BCUT2D eigenvalue weighted by molar-refractivity contribution is 6.35. The van der Waals surface area contributed by atoms with Crippen LogP contribution in [0.4, 0.5) is 11.4 Å². The minimum atomic E-state index is 0.146. The van der Waals surface area contributed by atoms with Crippen LogP contribution in [0.15, 0.2) is 94.9 Å². The number of aliphatic imine (C=N–C) groups is 2. The predicted octanol–water partition coefficient (Wildman–Crippen LogP) is 8.45. The SMILES string of the molecule is Cc1ccc2c(c1)C(C1C=Nc3ccccc31)=C1C2=C(C2C=Nc3ccccc32)c2cc(C)ccc21. The molecule has 2 atom stereocenters. The molecule has 4 aromatic rings. The maximum absolute atomic E-state index is 4.83. The number of aryl methyl sites for hydroxylation is 2. The summed E-state index contributed by atoms with van der Waals surface area (Å²) in [6.07, 6.45) is 4.31. The van der Waals surface area contributed by atoms with E-state index in [1.807, 2.05) is 0 Å². The van der Waals surface area contributed by atoms with Gasteiger partial charge in [0.1, 0.15) is 0 Å². The van der Waals surface area contributed by atoms with Gasteiger partial charge in [-0.15, -0.1) is 0 Å². The van der Waals surface area contributed by atoms with Crippen molar-refractivity contribution in [3.63, 3.8) is 0 Å². The van der Waals surface area contributed by atoms with Crippen molar-refractivity contribution in [3.05, 3.63) is 129 Å². The van der Waals surface area contributed by atoms with Gasteiger partial charge in [-0.2, -0.15) is 0 Å². The van der Waals surface area contributed by atoms with Gasteiger partial charge in [0, 0.05) is 24.3 Å². The van der Waals surface area contributed by atoms with Crippen LogP contribution in [0.5, 0.6) is 0 Å². The van der Waals surface area contributed by atoms with E-state index in [0.717, 1.165) is 11.4 Å². The Morgan fingerprint density at radius 1 is 0.500 bits per heavy atom. The molecule has 2 nitrogen and oxygen atoms in total. The number of hydrogen-bond donors (Lipinski definition) is 0. The fraction of sp³-hybridized carbons (Fsp3) is 0.118. The number of rotatable bonds is 2. The smallest absolute Gasteiger partial charge is 0.0668 e. The lowest BCUT2D eigenvalue weighted by Gasteiger charge is -2.18. The molecule has 2 aliphatic carbocycles. The Labute approximate surface area is 211 Å². The molecule has 0 N–H and O–H groups in total. The molecular formula is C34H24N2. The molecule has 0 saturated heterocycles. The molecule has 0 aromatic heterocycles. The Hall–Kier alpha value is -4.30. The van der Waals surface area contributed by atoms with Crippen molar-refractivity contribution in [1.29, 1.82) is 0 Å². The topological polar surface area (TPSA) is 24.7 Å². The van der Waals surface area contributed by atoms with Gasteiger partial charge < -0.3 is 0 Å². The third-order valence-corrected chi connectivity index (χ3v) is 8.15. The molecule has 0 saturated carbocycles. The first kappa shape index (κ1) is 19.9. The third kappa shape index (κ3) is 2.56. The van der Waals surface area contributed by atoms with E-state index >= 15 is 0 Å². The number of para-hydroxylation sites is 2. The molecule has 4 aliphatic rings. The second-order valence-corrected chi connectivity index (χ2v) is 10.3. The van der Waals surface area contributed by atoms with Crippen molar-refractivity contribution in [3.8, 4) is 0 Å². The number of nitrogens with zero attached hydrogens (tertiary/aromatic N) is 2. The Morgan fingerprint density at radius 2 is 0.944 bits per heavy atom. The van der Waals surface area contributed by atoms with E-state index in [1.54, 1.807) is 0 Å². The highest BCUT2D eigenvalue weighted by Crippen LogP contribution is 2.62. The highest BCUT2D eigenvalue weighted by Gasteiger charge is 2.42. The molecule has 0 spiro atoms. The lowest BCUT2D eigenvalue weighted by atomic mass is 9.84. The standard InChI is InChI=1S/C34H24N2/c1-19-11-13-23-25(15-19)31(27-17-35-29-9-5-3-7-21(27)29)34-24-14-12-20(2)16-26(24)32(33(23)34)28-18-36-30-10-6-4-8-22(28)30/h3-18,27-28H,1-2H3. The van der Waals surface area contributed by atoms with Crippen molar-refractivity contribution in [2.24, 2.45) is 9.98 Å². The Bertz CT molecular complexity index is 1630. The van der Waals surface area contributed by atoms with Gasteiger partial charge in [-0.25, -0.2) is 0 Å². The maximum atomic E-state index is 4.83. The molecule has 36 heavy (non-hydrogen) atoms. The molecule has 0 fully saturated rings. The predicted molar refractivity (Wildman–Crippen MR) is 151 cm³/mol. The minimum Gasteiger partial charge on any atom is -0.260 e. The van der Waals surface area contributed by atoms with E-state index in [0.29, 0.717) is 0 Å². The van der Waals surface area contributed by atoms with Gasteiger partial charge in [0.2, 0.25) is 0 Å². The van der Waals surface area contributed by atoms with Crippen LogP contribution in [0.1, 0.15) is 56.3 Å². The van der Waals surface area contributed by atoms with E-state index in [2.05, 4.69) is 111 Å². The molecule has 2 heteroatoms. The van der Waals surface area contributed by atoms with Crippen molar-refractivity contribution in [2.45, 2.75) is 25.7 Å². The first-order valence-corrected chi connectivity index (χ1v) is 12.7. The molecule has 8 rings (SSSR count). The van der Waals surface area contributed by atoms with Crippen molar-refractivity contribution >= 4 is 46.1 Å². The zero-order chi connectivity index (χ0) is 24.0. The molecule has 0 bridgehead atoms. The van der Waals surface area contributed by atoms with Crippen LogP contribution in [0, 0.1) is 13.8 Å². The minimum absolute atomic E-state index is 0.146. The Balaban J connectivity index is 1.48. The third-order valence-electron chi connectivity index (χ3n) is 8.15. The van der Waals surface area contributed by atoms with Crippen LogP contribution < -0.4 is 0 Å². The van der Waals surface area contributed by atoms with Gasteiger partial charge in [0.25, 0.3) is 0 Å². The summed E-state index contributed by atoms with van der Waals surface area (Å²) in [5.74, 6) is 0.291. The van der Waals surface area contributed by atoms with Gasteiger partial charge in [-0.3, -0.25) is 9.98 Å². The quantitative estimate of drug-likeness (QED) is 0.287. The second-order valence-electron chi connectivity index (χ2n) is 10.3. The molecule has 2 unspecified atom stereocenters. The average molecular weight is 461 g/mol. The van der Waals surface area contributed by atoms with E-state index in [9.17, 15) is 0 Å². The summed E-state index contributed by atoms with van der Waals surface area (Å²) in [7, 11) is 0. The molecule has 0 amide bonds. The second kappa shape index (κ2) is 7.11. The van der Waals surface area contributed by atoms with Gasteiger partial charge >= 0.3 is 0 Å². The highest BCUT2D eigenvalue weighted by atomic mass is 14.8. The van der Waals surface area contributed by atoms with Gasteiger partial charge in [-0.05, 0) is 81.7 Å². The fourth-order valence-electron chi connectivity index (χ4n) is 6.61. The molecule has 4 aromatic carbocycles. The number of fused-ring (bicyclic) bond motifs is 7. The number of hydrogen-bond acceptors (Lipinski definition) is 2. The average Bonchev–Trinajstić information content (AvgIpc) is 3.64. The fourth-order valence-corrected chi connectivity index (χ4v) is 6.61. The van der Waals surface area contributed by atoms with E-state index in [-0.39, 0.29) is 11.8 Å². The van der Waals surface area contributed by atoms with E-state index in [1.165, 1.54) is 66.8 Å². The summed E-state index contributed by atoms with van der Waals surface area (Å²) in [4.78, 5) is 9.67.